The van der Waals surface area contributed by atoms with Crippen LogP contribution in [0, 0.1) is 0 Å². The first-order valence-electron chi connectivity index (χ1n) is 9.13. The average molecular weight is 410 g/mol. The van der Waals surface area contributed by atoms with Crippen LogP contribution in [0.4, 0.5) is 0 Å². The second kappa shape index (κ2) is 8.86. The Morgan fingerprint density at radius 3 is 2.50 bits per heavy atom. The largest absolute Gasteiger partial charge is 0.496 e. The van der Waals surface area contributed by atoms with E-state index in [0.717, 1.165) is 16.9 Å². The highest BCUT2D eigenvalue weighted by Crippen LogP contribution is 2.36. The first kappa shape index (κ1) is 22.1. The monoisotopic (exact) mass is 409 g/mol. The zero-order valence-corrected chi connectivity index (χ0v) is 18.0. The Labute approximate surface area is 169 Å². The van der Waals surface area contributed by atoms with Gasteiger partial charge in [0, 0.05) is 23.1 Å². The molecule has 0 fully saturated rings. The molecule has 0 aliphatic carbocycles. The maximum absolute atomic E-state index is 12.9. The molecule has 0 radical (unpaired) electrons. The molecule has 7 nitrogen and oxygen atoms in total. The number of rotatable bonds is 8. The van der Waals surface area contributed by atoms with E-state index in [2.05, 4.69) is 25.5 Å². The Hall–Kier alpha value is -2.22. The van der Waals surface area contributed by atoms with Crippen LogP contribution < -0.4 is 10.5 Å². The lowest BCUT2D eigenvalue weighted by Gasteiger charge is -2.24. The number of thiol groups is 1. The normalized spacial score (nSPS) is 14.6. The minimum absolute atomic E-state index is 0.0110. The van der Waals surface area contributed by atoms with E-state index in [1.807, 2.05) is 6.07 Å². The topological polar surface area (TPSA) is 98.9 Å². The molecule has 1 unspecified atom stereocenters. The first-order valence-corrected chi connectivity index (χ1v) is 10.2. The number of methoxy groups -OCH3 is 2. The number of amides is 2. The number of esters is 1. The lowest BCUT2D eigenvalue weighted by atomic mass is 10.1. The van der Waals surface area contributed by atoms with Crippen molar-refractivity contribution < 1.29 is 23.9 Å². The molecular weight excluding hydrogens is 380 g/mol. The van der Waals surface area contributed by atoms with E-state index >= 15 is 0 Å². The van der Waals surface area contributed by atoms with Gasteiger partial charge in [0.1, 0.15) is 22.3 Å². The van der Waals surface area contributed by atoms with E-state index < -0.39 is 17.9 Å². The van der Waals surface area contributed by atoms with Gasteiger partial charge in [0.2, 0.25) is 5.91 Å². The van der Waals surface area contributed by atoms with Crippen molar-refractivity contribution in [1.29, 1.82) is 0 Å². The summed E-state index contributed by atoms with van der Waals surface area (Å²) in [5.41, 5.74) is 7.82. The van der Waals surface area contributed by atoms with E-state index in [1.54, 1.807) is 13.2 Å². The van der Waals surface area contributed by atoms with Crippen LogP contribution in [0.1, 0.15) is 55.1 Å². The number of benzene rings is 1. The Kier molecular flexibility index (Phi) is 6.98. The predicted molar refractivity (Wildman–Crippen MR) is 109 cm³/mol. The van der Waals surface area contributed by atoms with Gasteiger partial charge in [0.05, 0.1) is 20.8 Å². The van der Waals surface area contributed by atoms with Gasteiger partial charge in [0.15, 0.2) is 0 Å². The number of carbonyl (C=O) groups is 3. The number of carbonyl (C=O) groups excluding carboxylic acids is 3. The Morgan fingerprint density at radius 2 is 1.96 bits per heavy atom. The summed E-state index contributed by atoms with van der Waals surface area (Å²) in [7, 11) is 2.87. The molecule has 1 aromatic carbocycles. The highest BCUT2D eigenvalue weighted by Gasteiger charge is 2.38. The number of hydrogen-bond donors (Lipinski definition) is 1. The molecule has 154 valence electrons. The molecule has 2 rings (SSSR count). The number of primary amides is 1. The third-order valence-electron chi connectivity index (χ3n) is 4.64. The second-order valence-electron chi connectivity index (χ2n) is 7.74. The van der Waals surface area contributed by atoms with E-state index in [1.165, 1.54) is 23.8 Å². The molecule has 1 aliphatic rings. The molecule has 0 spiro atoms. The quantitative estimate of drug-likeness (QED) is 0.399. The summed E-state index contributed by atoms with van der Waals surface area (Å²) in [4.78, 5) is 37.7. The molecule has 1 heterocycles. The average Bonchev–Trinajstić information content (AvgIpc) is 2.95. The summed E-state index contributed by atoms with van der Waals surface area (Å²) in [6.45, 7) is 6.72. The fourth-order valence-electron chi connectivity index (χ4n) is 3.19. The molecular formula is C20H29N2O5S+. The zero-order valence-electron chi connectivity index (χ0n) is 17.1. The minimum Gasteiger partial charge on any atom is -0.496 e. The van der Waals surface area contributed by atoms with Gasteiger partial charge in [-0.1, -0.05) is 0 Å². The fourth-order valence-corrected chi connectivity index (χ4v) is 4.09. The van der Waals surface area contributed by atoms with Gasteiger partial charge in [0.25, 0.3) is 5.91 Å². The number of ether oxygens (including phenoxy) is 2. The summed E-state index contributed by atoms with van der Waals surface area (Å²) in [6, 6.07) is 2.82. The summed E-state index contributed by atoms with van der Waals surface area (Å²) in [6.07, 6.45) is 0.136. The number of nitrogens with zero attached hydrogens (tertiary/aromatic N) is 1. The molecule has 2 amide bonds. The molecule has 1 aliphatic heterocycles. The van der Waals surface area contributed by atoms with E-state index in [-0.39, 0.29) is 30.0 Å². The Morgan fingerprint density at radius 1 is 1.29 bits per heavy atom. The minimum atomic E-state index is -0.875. The highest BCUT2D eigenvalue weighted by atomic mass is 32.2. The molecule has 0 bridgehead atoms. The lowest BCUT2D eigenvalue weighted by Crippen LogP contribution is -2.45. The second-order valence-corrected chi connectivity index (χ2v) is 9.71. The number of nitrogens with two attached hydrogens (primary N) is 1. The molecule has 1 atom stereocenters. The van der Waals surface area contributed by atoms with Gasteiger partial charge in [-0.3, -0.25) is 14.4 Å². The van der Waals surface area contributed by atoms with Crippen LogP contribution in [0.3, 0.4) is 0 Å². The van der Waals surface area contributed by atoms with E-state index in [4.69, 9.17) is 10.5 Å². The van der Waals surface area contributed by atoms with Gasteiger partial charge in [-0.25, -0.2) is 0 Å². The van der Waals surface area contributed by atoms with Gasteiger partial charge in [-0.05, 0) is 51.1 Å². The molecule has 8 heteroatoms. The van der Waals surface area contributed by atoms with E-state index in [9.17, 15) is 14.4 Å². The van der Waals surface area contributed by atoms with Crippen molar-refractivity contribution in [3.63, 3.8) is 0 Å². The maximum Gasteiger partial charge on any atom is 0.305 e. The number of hydrogen-bond acceptors (Lipinski definition) is 5. The van der Waals surface area contributed by atoms with Crippen LogP contribution in [-0.2, 0) is 38.4 Å². The van der Waals surface area contributed by atoms with Crippen molar-refractivity contribution in [2.24, 2.45) is 5.73 Å². The summed E-state index contributed by atoms with van der Waals surface area (Å²) >= 11 is 1.24. The third kappa shape index (κ3) is 4.98. The molecule has 1 aromatic rings. The van der Waals surface area contributed by atoms with Crippen LogP contribution in [-0.4, -0.2) is 47.7 Å². The standard InChI is InChI=1S/C20H28N2O5S/c1-20(2,3)28-11-12-6-7-13-14(17(12)27-5)10-22(19(13)25)15(18(21)24)8-9-16(23)26-4/h6-7,15H,8-11H2,1-5H3,(H2,21,24)/p+1. The fraction of sp³-hybridized carbons (Fsp3) is 0.550. The van der Waals surface area contributed by atoms with Gasteiger partial charge in [-0.15, -0.1) is 0 Å². The lowest BCUT2D eigenvalue weighted by molar-refractivity contribution is -0.141. The summed E-state index contributed by atoms with van der Waals surface area (Å²) < 4.78 is 10.4. The van der Waals surface area contributed by atoms with Gasteiger partial charge < -0.3 is 20.1 Å². The molecule has 0 aromatic heterocycles. The predicted octanol–water partition coefficient (Wildman–Crippen LogP) is 1.57. The van der Waals surface area contributed by atoms with Crippen LogP contribution in [0.15, 0.2) is 12.1 Å². The highest BCUT2D eigenvalue weighted by molar-refractivity contribution is 7.79. The zero-order chi connectivity index (χ0) is 21.1. The van der Waals surface area contributed by atoms with Crippen LogP contribution in [0.2, 0.25) is 0 Å². The molecule has 28 heavy (non-hydrogen) atoms. The van der Waals surface area contributed by atoms with E-state index in [0.29, 0.717) is 11.3 Å². The van der Waals surface area contributed by atoms with Crippen molar-refractivity contribution in [2.45, 2.75) is 56.7 Å². The molecule has 0 saturated heterocycles. The first-order chi connectivity index (χ1) is 13.1. The van der Waals surface area contributed by atoms with Crippen molar-refractivity contribution in [3.8, 4) is 5.75 Å². The smallest absolute Gasteiger partial charge is 0.305 e. The summed E-state index contributed by atoms with van der Waals surface area (Å²) in [5.74, 6) is 0.116. The number of fused-ring (bicyclic) bond motifs is 1. The van der Waals surface area contributed by atoms with Crippen LogP contribution in [0.5, 0.6) is 5.75 Å². The Bertz CT molecular complexity index is 773. The van der Waals surface area contributed by atoms with Gasteiger partial charge >= 0.3 is 5.97 Å². The molecule has 2 N–H and O–H groups in total. The Balaban J connectivity index is 2.29. The van der Waals surface area contributed by atoms with Crippen LogP contribution in [0.25, 0.3) is 0 Å². The molecule has 0 saturated carbocycles. The summed E-state index contributed by atoms with van der Waals surface area (Å²) in [5, 5.41) is 0. The third-order valence-corrected chi connectivity index (χ3v) is 6.09. The van der Waals surface area contributed by atoms with Crippen LogP contribution >= 0.6 is 0 Å². The van der Waals surface area contributed by atoms with Gasteiger partial charge in [-0.2, -0.15) is 0 Å². The van der Waals surface area contributed by atoms with Crippen molar-refractivity contribution in [3.05, 3.63) is 28.8 Å². The maximum atomic E-state index is 12.9. The van der Waals surface area contributed by atoms with Crippen molar-refractivity contribution >= 4 is 29.5 Å². The SMILES string of the molecule is COC(=O)CCC(C(N)=O)N1Cc2c(ccc(C[SH+]C(C)(C)C)c2OC)C1=O. The van der Waals surface area contributed by atoms with Crippen molar-refractivity contribution in [1.82, 2.24) is 4.90 Å². The van der Waals surface area contributed by atoms with Crippen molar-refractivity contribution in [2.75, 3.05) is 14.2 Å².